The fourth-order valence-electron chi connectivity index (χ4n) is 2.69. The number of hydrogen-bond acceptors (Lipinski definition) is 4. The first-order valence-corrected chi connectivity index (χ1v) is 10.2. The molecule has 25 heavy (non-hydrogen) atoms. The Balaban J connectivity index is 2.02. The van der Waals surface area contributed by atoms with Gasteiger partial charge in [-0.3, -0.25) is 14.1 Å². The van der Waals surface area contributed by atoms with Gasteiger partial charge in [-0.1, -0.05) is 17.4 Å². The molecule has 0 atom stereocenters. The van der Waals surface area contributed by atoms with Crippen molar-refractivity contribution in [3.63, 3.8) is 0 Å². The first-order chi connectivity index (χ1) is 11.7. The molecule has 5 nitrogen and oxygen atoms in total. The van der Waals surface area contributed by atoms with E-state index >= 15 is 0 Å². The largest absolute Gasteiger partial charge is 0.308 e. The zero-order chi connectivity index (χ0) is 18.4. The first kappa shape index (κ1) is 17.7. The van der Waals surface area contributed by atoms with Crippen LogP contribution in [0.15, 0.2) is 46.1 Å². The zero-order valence-corrected chi connectivity index (χ0v) is 16.2. The number of thiazole rings is 1. The van der Waals surface area contributed by atoms with Gasteiger partial charge in [-0.25, -0.2) is 8.42 Å². The molecule has 3 aromatic rings. The monoisotopic (exact) mass is 376 g/mol. The molecule has 1 aromatic heterocycles. The third-order valence-corrected chi connectivity index (χ3v) is 6.47. The highest BCUT2D eigenvalue weighted by atomic mass is 32.2. The molecule has 0 aliphatic heterocycles. The second kappa shape index (κ2) is 6.31. The van der Waals surface area contributed by atoms with Gasteiger partial charge in [-0.15, -0.1) is 0 Å². The summed E-state index contributed by atoms with van der Waals surface area (Å²) in [5.74, 6) is 0. The molecule has 0 saturated carbocycles. The molecular formula is C18H20N2O3S2. The third kappa shape index (κ3) is 3.34. The summed E-state index contributed by atoms with van der Waals surface area (Å²) in [5.41, 5.74) is 3.40. The molecule has 2 aromatic carbocycles. The zero-order valence-electron chi connectivity index (χ0n) is 14.5. The van der Waals surface area contributed by atoms with E-state index in [1.54, 1.807) is 28.8 Å². The summed E-state index contributed by atoms with van der Waals surface area (Å²) >= 11 is 1.06. The number of nitrogens with zero attached hydrogens (tertiary/aromatic N) is 1. The van der Waals surface area contributed by atoms with Crippen LogP contribution in [0.25, 0.3) is 10.2 Å². The van der Waals surface area contributed by atoms with Gasteiger partial charge in [0.25, 0.3) is 10.0 Å². The third-order valence-electron chi connectivity index (χ3n) is 4.17. The summed E-state index contributed by atoms with van der Waals surface area (Å²) in [5, 5.41) is 0. The maximum absolute atomic E-state index is 12.7. The van der Waals surface area contributed by atoms with Crippen LogP contribution in [0.4, 0.5) is 5.69 Å². The highest BCUT2D eigenvalue weighted by molar-refractivity contribution is 7.92. The van der Waals surface area contributed by atoms with E-state index < -0.39 is 10.0 Å². The molecular weight excluding hydrogens is 356 g/mol. The van der Waals surface area contributed by atoms with Crippen LogP contribution in [-0.2, 0) is 10.0 Å². The van der Waals surface area contributed by atoms with Crippen molar-refractivity contribution in [3.8, 4) is 0 Å². The van der Waals surface area contributed by atoms with E-state index in [0.29, 0.717) is 10.4 Å². The Morgan fingerprint density at radius 3 is 2.40 bits per heavy atom. The molecule has 7 heteroatoms. The van der Waals surface area contributed by atoms with Crippen molar-refractivity contribution in [1.29, 1.82) is 0 Å². The predicted molar refractivity (Wildman–Crippen MR) is 103 cm³/mol. The molecule has 0 amide bonds. The molecule has 1 heterocycles. The van der Waals surface area contributed by atoms with Crippen molar-refractivity contribution in [1.82, 2.24) is 4.57 Å². The first-order valence-electron chi connectivity index (χ1n) is 7.94. The molecule has 0 bridgehead atoms. The van der Waals surface area contributed by atoms with Crippen LogP contribution in [0.2, 0.25) is 0 Å². The predicted octanol–water partition coefficient (Wildman–Crippen LogP) is 4.06. The van der Waals surface area contributed by atoms with Crippen molar-refractivity contribution < 1.29 is 8.42 Å². The van der Waals surface area contributed by atoms with E-state index in [2.05, 4.69) is 4.72 Å². The Morgan fingerprint density at radius 2 is 1.76 bits per heavy atom. The van der Waals surface area contributed by atoms with Crippen LogP contribution < -0.4 is 9.60 Å². The van der Waals surface area contributed by atoms with Crippen molar-refractivity contribution in [2.45, 2.75) is 38.6 Å². The highest BCUT2D eigenvalue weighted by Gasteiger charge is 2.18. The van der Waals surface area contributed by atoms with E-state index in [1.807, 2.05) is 33.8 Å². The Hall–Kier alpha value is -2.12. The van der Waals surface area contributed by atoms with E-state index in [0.717, 1.165) is 28.0 Å². The smallest absolute Gasteiger partial charge is 0.296 e. The van der Waals surface area contributed by atoms with Crippen LogP contribution in [0.3, 0.4) is 0 Å². The van der Waals surface area contributed by atoms with Crippen molar-refractivity contribution in [2.24, 2.45) is 0 Å². The molecule has 0 radical (unpaired) electrons. The average Bonchev–Trinajstić information content (AvgIpc) is 2.85. The van der Waals surface area contributed by atoms with E-state index in [9.17, 15) is 13.2 Å². The minimum absolute atomic E-state index is 0.0253. The topological polar surface area (TPSA) is 68.2 Å². The Bertz CT molecular complexity index is 1110. The average molecular weight is 377 g/mol. The Labute approximate surface area is 151 Å². The number of fused-ring (bicyclic) bond motifs is 1. The number of nitrogens with one attached hydrogen (secondary N) is 1. The highest BCUT2D eigenvalue weighted by Crippen LogP contribution is 2.25. The lowest BCUT2D eigenvalue weighted by Gasteiger charge is -2.11. The lowest BCUT2D eigenvalue weighted by Crippen LogP contribution is -2.15. The van der Waals surface area contributed by atoms with Gasteiger partial charge >= 0.3 is 4.87 Å². The van der Waals surface area contributed by atoms with Crippen LogP contribution in [-0.4, -0.2) is 13.0 Å². The molecule has 1 N–H and O–H groups in total. The maximum atomic E-state index is 12.7. The summed E-state index contributed by atoms with van der Waals surface area (Å²) in [4.78, 5) is 12.2. The SMILES string of the molecule is Cc1ccc(NS(=O)(=O)c2ccc3c(c2)sc(=O)n3C(C)C)cc1C. The van der Waals surface area contributed by atoms with Gasteiger partial charge < -0.3 is 0 Å². The standard InChI is InChI=1S/C18H20N2O3S2/c1-11(2)20-16-8-7-15(10-17(16)24-18(20)21)25(22,23)19-14-6-5-12(3)13(4)9-14/h5-11,19H,1-4H3. The molecule has 0 aliphatic rings. The number of benzene rings is 2. The summed E-state index contributed by atoms with van der Waals surface area (Å²) in [6.07, 6.45) is 0. The van der Waals surface area contributed by atoms with Gasteiger partial charge in [0.15, 0.2) is 0 Å². The number of anilines is 1. The number of rotatable bonds is 4. The van der Waals surface area contributed by atoms with E-state index in [4.69, 9.17) is 0 Å². The molecule has 0 aliphatic carbocycles. The Morgan fingerprint density at radius 1 is 1.04 bits per heavy atom. The summed E-state index contributed by atoms with van der Waals surface area (Å²) in [6.45, 7) is 7.77. The summed E-state index contributed by atoms with van der Waals surface area (Å²) < 4.78 is 30.3. The number of sulfonamides is 1. The fourth-order valence-corrected chi connectivity index (χ4v) is 4.89. The summed E-state index contributed by atoms with van der Waals surface area (Å²) in [6, 6.07) is 10.2. The van der Waals surface area contributed by atoms with Gasteiger partial charge in [0.05, 0.1) is 15.1 Å². The van der Waals surface area contributed by atoms with Crippen LogP contribution in [0, 0.1) is 13.8 Å². The minimum Gasteiger partial charge on any atom is -0.296 e. The lowest BCUT2D eigenvalue weighted by atomic mass is 10.1. The number of aromatic nitrogens is 1. The Kier molecular flexibility index (Phi) is 4.47. The summed E-state index contributed by atoms with van der Waals surface area (Å²) in [7, 11) is -3.71. The quantitative estimate of drug-likeness (QED) is 0.746. The molecule has 132 valence electrons. The van der Waals surface area contributed by atoms with Crippen molar-refractivity contribution >= 4 is 37.3 Å². The molecule has 0 saturated heterocycles. The van der Waals surface area contributed by atoms with Crippen LogP contribution in [0.1, 0.15) is 31.0 Å². The number of aryl methyl sites for hydroxylation is 2. The molecule has 0 unspecified atom stereocenters. The molecule has 0 spiro atoms. The van der Waals surface area contributed by atoms with E-state index in [1.165, 1.54) is 6.07 Å². The molecule has 0 fully saturated rings. The minimum atomic E-state index is -3.71. The van der Waals surface area contributed by atoms with Crippen LogP contribution >= 0.6 is 11.3 Å². The fraction of sp³-hybridized carbons (Fsp3) is 0.278. The second-order valence-corrected chi connectivity index (χ2v) is 9.04. The maximum Gasteiger partial charge on any atom is 0.308 e. The van der Waals surface area contributed by atoms with Crippen LogP contribution in [0.5, 0.6) is 0 Å². The van der Waals surface area contributed by atoms with Crippen molar-refractivity contribution in [3.05, 3.63) is 57.2 Å². The van der Waals surface area contributed by atoms with Gasteiger partial charge in [-0.05, 0) is 69.2 Å². The second-order valence-electron chi connectivity index (χ2n) is 6.37. The van der Waals surface area contributed by atoms with E-state index in [-0.39, 0.29) is 15.8 Å². The van der Waals surface area contributed by atoms with Gasteiger partial charge in [0, 0.05) is 11.7 Å². The van der Waals surface area contributed by atoms with Gasteiger partial charge in [-0.2, -0.15) is 0 Å². The molecule has 3 rings (SSSR count). The van der Waals surface area contributed by atoms with Gasteiger partial charge in [0.2, 0.25) is 0 Å². The number of hydrogen-bond donors (Lipinski definition) is 1. The van der Waals surface area contributed by atoms with Crippen molar-refractivity contribution in [2.75, 3.05) is 4.72 Å². The lowest BCUT2D eigenvalue weighted by molar-refractivity contribution is 0.601. The van der Waals surface area contributed by atoms with Gasteiger partial charge in [0.1, 0.15) is 0 Å². The normalized spacial score (nSPS) is 12.0.